The van der Waals surface area contributed by atoms with Crippen LogP contribution in [0, 0.1) is 25.2 Å². The predicted octanol–water partition coefficient (Wildman–Crippen LogP) is 2.22. The van der Waals surface area contributed by atoms with Crippen LogP contribution >= 0.6 is 11.6 Å². The summed E-state index contributed by atoms with van der Waals surface area (Å²) in [6, 6.07) is 3.51. The zero-order valence-electron chi connectivity index (χ0n) is 6.35. The average Bonchev–Trinajstić information content (AvgIpc) is 1.99. The van der Waals surface area contributed by atoms with Crippen molar-refractivity contribution in [1.82, 2.24) is 4.98 Å². The summed E-state index contributed by atoms with van der Waals surface area (Å²) in [5.74, 6) is 0. The standard InChI is InChI=1S/C8H7ClN2/c1-5-6(2)11-7(4-10)3-8(5)9/h3H,1-2H3. The molecule has 0 amide bonds. The van der Waals surface area contributed by atoms with Gasteiger partial charge in [-0.25, -0.2) is 4.98 Å². The topological polar surface area (TPSA) is 36.7 Å². The van der Waals surface area contributed by atoms with E-state index in [2.05, 4.69) is 4.98 Å². The van der Waals surface area contributed by atoms with Gasteiger partial charge < -0.3 is 0 Å². The lowest BCUT2D eigenvalue weighted by Gasteiger charge is -2.00. The second-order valence-electron chi connectivity index (χ2n) is 2.31. The van der Waals surface area contributed by atoms with E-state index in [4.69, 9.17) is 16.9 Å². The van der Waals surface area contributed by atoms with Crippen LogP contribution in [0.5, 0.6) is 0 Å². The zero-order valence-corrected chi connectivity index (χ0v) is 7.11. The van der Waals surface area contributed by atoms with Gasteiger partial charge in [-0.05, 0) is 25.5 Å². The van der Waals surface area contributed by atoms with Gasteiger partial charge in [0.25, 0.3) is 0 Å². The van der Waals surface area contributed by atoms with Crippen LogP contribution in [0.4, 0.5) is 0 Å². The van der Waals surface area contributed by atoms with E-state index in [-0.39, 0.29) is 0 Å². The molecule has 2 nitrogen and oxygen atoms in total. The molecule has 0 aliphatic heterocycles. The van der Waals surface area contributed by atoms with Crippen molar-refractivity contribution in [1.29, 1.82) is 5.26 Å². The van der Waals surface area contributed by atoms with E-state index in [0.29, 0.717) is 10.7 Å². The molecule has 0 N–H and O–H groups in total. The first kappa shape index (κ1) is 8.03. The predicted molar refractivity (Wildman–Crippen MR) is 43.4 cm³/mol. The van der Waals surface area contributed by atoms with E-state index in [0.717, 1.165) is 11.3 Å². The molecule has 1 aromatic rings. The van der Waals surface area contributed by atoms with Crippen LogP contribution in [0.2, 0.25) is 5.02 Å². The maximum absolute atomic E-state index is 8.51. The quantitative estimate of drug-likeness (QED) is 0.593. The molecule has 56 valence electrons. The minimum Gasteiger partial charge on any atom is -0.242 e. The molecule has 0 spiro atoms. The van der Waals surface area contributed by atoms with Crippen LogP contribution in [0.1, 0.15) is 17.0 Å². The Bertz CT molecular complexity index is 302. The second kappa shape index (κ2) is 2.89. The third-order valence-corrected chi connectivity index (χ3v) is 1.96. The fourth-order valence-corrected chi connectivity index (χ4v) is 0.995. The summed E-state index contributed by atoms with van der Waals surface area (Å²) in [7, 11) is 0. The van der Waals surface area contributed by atoms with Gasteiger partial charge in [-0.1, -0.05) is 11.6 Å². The molecule has 0 bridgehead atoms. The van der Waals surface area contributed by atoms with Crippen molar-refractivity contribution in [2.24, 2.45) is 0 Å². The number of hydrogen-bond donors (Lipinski definition) is 0. The lowest BCUT2D eigenvalue weighted by atomic mass is 10.2. The summed E-state index contributed by atoms with van der Waals surface area (Å²) in [6.45, 7) is 3.72. The Balaban J connectivity index is 3.35. The van der Waals surface area contributed by atoms with Gasteiger partial charge in [0, 0.05) is 10.7 Å². The largest absolute Gasteiger partial charge is 0.242 e. The van der Waals surface area contributed by atoms with Gasteiger partial charge in [-0.3, -0.25) is 0 Å². The van der Waals surface area contributed by atoms with E-state index in [1.54, 1.807) is 6.07 Å². The van der Waals surface area contributed by atoms with E-state index in [1.807, 2.05) is 19.9 Å². The molecule has 0 radical (unpaired) electrons. The molecule has 0 atom stereocenters. The van der Waals surface area contributed by atoms with Crippen LogP contribution in [-0.4, -0.2) is 4.98 Å². The van der Waals surface area contributed by atoms with Gasteiger partial charge in [0.15, 0.2) is 0 Å². The highest BCUT2D eigenvalue weighted by Crippen LogP contribution is 2.17. The number of aromatic nitrogens is 1. The Morgan fingerprint density at radius 2 is 2.18 bits per heavy atom. The number of halogens is 1. The number of rotatable bonds is 0. The van der Waals surface area contributed by atoms with E-state index >= 15 is 0 Å². The van der Waals surface area contributed by atoms with Crippen molar-refractivity contribution in [3.8, 4) is 6.07 Å². The Morgan fingerprint density at radius 1 is 1.55 bits per heavy atom. The maximum Gasteiger partial charge on any atom is 0.142 e. The van der Waals surface area contributed by atoms with Crippen LogP contribution in [0.15, 0.2) is 6.07 Å². The van der Waals surface area contributed by atoms with Crippen LogP contribution in [0.3, 0.4) is 0 Å². The zero-order chi connectivity index (χ0) is 8.43. The van der Waals surface area contributed by atoms with Crippen molar-refractivity contribution in [2.45, 2.75) is 13.8 Å². The Hall–Kier alpha value is -1.07. The summed E-state index contributed by atoms with van der Waals surface area (Å²) < 4.78 is 0. The van der Waals surface area contributed by atoms with E-state index in [9.17, 15) is 0 Å². The fourth-order valence-electron chi connectivity index (χ4n) is 0.755. The average molecular weight is 167 g/mol. The van der Waals surface area contributed by atoms with E-state index < -0.39 is 0 Å². The van der Waals surface area contributed by atoms with Crippen molar-refractivity contribution in [3.05, 3.63) is 28.0 Å². The Labute approximate surface area is 70.4 Å². The SMILES string of the molecule is Cc1nc(C#N)cc(Cl)c1C. The molecule has 0 unspecified atom stereocenters. The first-order valence-electron chi connectivity index (χ1n) is 3.19. The number of hydrogen-bond acceptors (Lipinski definition) is 2. The van der Waals surface area contributed by atoms with Gasteiger partial charge in [-0.15, -0.1) is 0 Å². The normalized spacial score (nSPS) is 9.27. The van der Waals surface area contributed by atoms with Gasteiger partial charge in [0.2, 0.25) is 0 Å². The van der Waals surface area contributed by atoms with Crippen molar-refractivity contribution in [2.75, 3.05) is 0 Å². The van der Waals surface area contributed by atoms with Crippen molar-refractivity contribution in [3.63, 3.8) is 0 Å². The fraction of sp³-hybridized carbons (Fsp3) is 0.250. The highest BCUT2D eigenvalue weighted by atomic mass is 35.5. The molecule has 0 aromatic carbocycles. The minimum atomic E-state index is 0.373. The molecule has 0 saturated carbocycles. The van der Waals surface area contributed by atoms with Crippen LogP contribution < -0.4 is 0 Å². The molecular weight excluding hydrogens is 160 g/mol. The summed E-state index contributed by atoms with van der Waals surface area (Å²) in [6.07, 6.45) is 0. The molecule has 1 rings (SSSR count). The third kappa shape index (κ3) is 1.50. The van der Waals surface area contributed by atoms with Gasteiger partial charge in [-0.2, -0.15) is 5.26 Å². The lowest BCUT2D eigenvalue weighted by molar-refractivity contribution is 1.12. The number of aryl methyl sites for hydroxylation is 1. The number of pyridine rings is 1. The van der Waals surface area contributed by atoms with Gasteiger partial charge in [0.1, 0.15) is 11.8 Å². The monoisotopic (exact) mass is 166 g/mol. The molecule has 0 saturated heterocycles. The maximum atomic E-state index is 8.51. The summed E-state index contributed by atoms with van der Waals surface area (Å²) in [5, 5.41) is 9.11. The highest BCUT2D eigenvalue weighted by molar-refractivity contribution is 6.31. The summed E-state index contributed by atoms with van der Waals surface area (Å²) in [4.78, 5) is 4.01. The minimum absolute atomic E-state index is 0.373. The van der Waals surface area contributed by atoms with Crippen LogP contribution in [-0.2, 0) is 0 Å². The summed E-state index contributed by atoms with van der Waals surface area (Å²) >= 11 is 5.81. The smallest absolute Gasteiger partial charge is 0.142 e. The lowest BCUT2D eigenvalue weighted by Crippen LogP contribution is -1.91. The highest BCUT2D eigenvalue weighted by Gasteiger charge is 2.02. The molecule has 0 aliphatic rings. The second-order valence-corrected chi connectivity index (χ2v) is 2.72. The van der Waals surface area contributed by atoms with Gasteiger partial charge >= 0.3 is 0 Å². The Kier molecular flexibility index (Phi) is 2.11. The molecule has 0 fully saturated rings. The third-order valence-electron chi connectivity index (χ3n) is 1.57. The Morgan fingerprint density at radius 3 is 2.64 bits per heavy atom. The van der Waals surface area contributed by atoms with E-state index in [1.165, 1.54) is 0 Å². The molecule has 3 heteroatoms. The molecule has 1 heterocycles. The van der Waals surface area contributed by atoms with Crippen molar-refractivity contribution < 1.29 is 0 Å². The number of nitrogens with zero attached hydrogens (tertiary/aromatic N) is 2. The molecule has 0 aliphatic carbocycles. The first-order chi connectivity index (χ1) is 5.15. The first-order valence-corrected chi connectivity index (χ1v) is 3.57. The molecular formula is C8H7ClN2. The van der Waals surface area contributed by atoms with Gasteiger partial charge in [0.05, 0.1) is 0 Å². The molecule has 11 heavy (non-hydrogen) atoms. The summed E-state index contributed by atoms with van der Waals surface area (Å²) in [5.41, 5.74) is 2.12. The molecule has 1 aromatic heterocycles. The van der Waals surface area contributed by atoms with Crippen molar-refractivity contribution >= 4 is 11.6 Å². The number of nitriles is 1. The van der Waals surface area contributed by atoms with Crippen LogP contribution in [0.25, 0.3) is 0 Å².